The van der Waals surface area contributed by atoms with Gasteiger partial charge in [0.15, 0.2) is 0 Å². The largest absolute Gasteiger partial charge is 0.368 e. The predicted molar refractivity (Wildman–Crippen MR) is 74.8 cm³/mol. The van der Waals surface area contributed by atoms with Crippen LogP contribution >= 0.6 is 0 Å². The second-order valence-electron chi connectivity index (χ2n) is 5.12. The summed E-state index contributed by atoms with van der Waals surface area (Å²) in [4.78, 5) is 2.63. The number of aryl methyl sites for hydroxylation is 2. The summed E-state index contributed by atoms with van der Waals surface area (Å²) in [5.41, 5.74) is 4.31. The van der Waals surface area contributed by atoms with Crippen molar-refractivity contribution in [2.45, 2.75) is 39.2 Å². The molecule has 0 saturated carbocycles. The SMILES string of the molecule is CNCCC1CCCN1c1c(C)cccc1C. The number of hydrogen-bond acceptors (Lipinski definition) is 2. The van der Waals surface area contributed by atoms with Crippen LogP contribution in [0.25, 0.3) is 0 Å². The van der Waals surface area contributed by atoms with E-state index < -0.39 is 0 Å². The molecule has 1 heterocycles. The van der Waals surface area contributed by atoms with Crippen LogP contribution in [-0.2, 0) is 0 Å². The average Bonchev–Trinajstić information content (AvgIpc) is 2.74. The first-order valence-electron chi connectivity index (χ1n) is 6.71. The second-order valence-corrected chi connectivity index (χ2v) is 5.12. The number of anilines is 1. The highest BCUT2D eigenvalue weighted by molar-refractivity contribution is 5.60. The Morgan fingerprint density at radius 2 is 2.00 bits per heavy atom. The van der Waals surface area contributed by atoms with Gasteiger partial charge in [0.1, 0.15) is 0 Å². The van der Waals surface area contributed by atoms with E-state index in [-0.39, 0.29) is 0 Å². The molecule has 0 bridgehead atoms. The third kappa shape index (κ3) is 2.63. The van der Waals surface area contributed by atoms with E-state index >= 15 is 0 Å². The molecule has 1 aromatic carbocycles. The van der Waals surface area contributed by atoms with Gasteiger partial charge < -0.3 is 10.2 Å². The third-order valence-corrected chi connectivity index (χ3v) is 3.83. The van der Waals surface area contributed by atoms with Crippen molar-refractivity contribution in [3.63, 3.8) is 0 Å². The maximum atomic E-state index is 3.27. The Morgan fingerprint density at radius 3 is 2.65 bits per heavy atom. The summed E-state index contributed by atoms with van der Waals surface area (Å²) >= 11 is 0. The lowest BCUT2D eigenvalue weighted by Gasteiger charge is -2.30. The van der Waals surface area contributed by atoms with Crippen LogP contribution in [0, 0.1) is 13.8 Å². The minimum absolute atomic E-state index is 0.724. The van der Waals surface area contributed by atoms with E-state index in [0.717, 1.165) is 12.6 Å². The van der Waals surface area contributed by atoms with E-state index in [1.165, 1.54) is 42.6 Å². The van der Waals surface area contributed by atoms with Gasteiger partial charge in [0.2, 0.25) is 0 Å². The Hall–Kier alpha value is -1.02. The molecular formula is C15H24N2. The highest BCUT2D eigenvalue weighted by atomic mass is 15.2. The first kappa shape index (κ1) is 12.4. The smallest absolute Gasteiger partial charge is 0.0428 e. The fraction of sp³-hybridized carbons (Fsp3) is 0.600. The molecule has 1 unspecified atom stereocenters. The molecule has 2 nitrogen and oxygen atoms in total. The summed E-state index contributed by atoms with van der Waals surface area (Å²) in [7, 11) is 2.04. The van der Waals surface area contributed by atoms with Crippen LogP contribution in [0.1, 0.15) is 30.4 Å². The molecule has 0 aromatic heterocycles. The Balaban J connectivity index is 2.20. The lowest BCUT2D eigenvalue weighted by atomic mass is 10.1. The highest BCUT2D eigenvalue weighted by Crippen LogP contribution is 2.32. The molecule has 2 rings (SSSR count). The topological polar surface area (TPSA) is 15.3 Å². The lowest BCUT2D eigenvalue weighted by Crippen LogP contribution is -2.32. The van der Waals surface area contributed by atoms with Crippen LogP contribution in [0.5, 0.6) is 0 Å². The van der Waals surface area contributed by atoms with Gasteiger partial charge in [0.25, 0.3) is 0 Å². The van der Waals surface area contributed by atoms with Crippen LogP contribution in [0.15, 0.2) is 18.2 Å². The summed E-state index contributed by atoms with van der Waals surface area (Å²) in [6.45, 7) is 6.80. The molecule has 1 aliphatic heterocycles. The molecule has 1 aliphatic rings. The summed E-state index contributed by atoms with van der Waals surface area (Å²) in [6.07, 6.45) is 3.93. The third-order valence-electron chi connectivity index (χ3n) is 3.83. The van der Waals surface area contributed by atoms with E-state index in [1.54, 1.807) is 0 Å². The fourth-order valence-corrected chi connectivity index (χ4v) is 3.00. The van der Waals surface area contributed by atoms with E-state index in [2.05, 4.69) is 42.3 Å². The van der Waals surface area contributed by atoms with Crippen molar-refractivity contribution in [1.82, 2.24) is 5.32 Å². The highest BCUT2D eigenvalue weighted by Gasteiger charge is 2.25. The van der Waals surface area contributed by atoms with Crippen LogP contribution in [0.2, 0.25) is 0 Å². The van der Waals surface area contributed by atoms with Crippen molar-refractivity contribution in [3.8, 4) is 0 Å². The van der Waals surface area contributed by atoms with Crippen molar-refractivity contribution >= 4 is 5.69 Å². The molecule has 1 fully saturated rings. The maximum absolute atomic E-state index is 3.27. The van der Waals surface area contributed by atoms with Crippen LogP contribution < -0.4 is 10.2 Å². The molecule has 17 heavy (non-hydrogen) atoms. The molecular weight excluding hydrogens is 208 g/mol. The quantitative estimate of drug-likeness (QED) is 0.858. The van der Waals surface area contributed by atoms with E-state index in [1.807, 2.05) is 7.05 Å². The number of benzene rings is 1. The predicted octanol–water partition coefficient (Wildman–Crippen LogP) is 2.88. The number of nitrogens with zero attached hydrogens (tertiary/aromatic N) is 1. The van der Waals surface area contributed by atoms with Gasteiger partial charge in [-0.3, -0.25) is 0 Å². The minimum Gasteiger partial charge on any atom is -0.368 e. The van der Waals surface area contributed by atoms with Crippen molar-refractivity contribution in [2.24, 2.45) is 0 Å². The number of rotatable bonds is 4. The normalized spacial score (nSPS) is 19.9. The van der Waals surface area contributed by atoms with Gasteiger partial charge in [-0.1, -0.05) is 18.2 Å². The van der Waals surface area contributed by atoms with Gasteiger partial charge in [-0.25, -0.2) is 0 Å². The maximum Gasteiger partial charge on any atom is 0.0428 e. The first-order chi connectivity index (χ1) is 8.24. The second kappa shape index (κ2) is 5.54. The summed E-state index contributed by atoms with van der Waals surface area (Å²) in [5, 5.41) is 3.27. The molecule has 94 valence electrons. The Kier molecular flexibility index (Phi) is 4.06. The standard InChI is InChI=1S/C15H24N2/c1-12-6-4-7-13(2)15(12)17-11-5-8-14(17)9-10-16-3/h4,6-7,14,16H,5,8-11H2,1-3H3. The van der Waals surface area contributed by atoms with Crippen LogP contribution in [0.3, 0.4) is 0 Å². The van der Waals surface area contributed by atoms with Crippen molar-refractivity contribution in [1.29, 1.82) is 0 Å². The monoisotopic (exact) mass is 232 g/mol. The van der Waals surface area contributed by atoms with Crippen LogP contribution in [0.4, 0.5) is 5.69 Å². The van der Waals surface area contributed by atoms with Gasteiger partial charge >= 0.3 is 0 Å². The average molecular weight is 232 g/mol. The Bertz CT molecular complexity index is 353. The van der Waals surface area contributed by atoms with E-state index in [0.29, 0.717) is 0 Å². The van der Waals surface area contributed by atoms with E-state index in [4.69, 9.17) is 0 Å². The van der Waals surface area contributed by atoms with Gasteiger partial charge in [-0.2, -0.15) is 0 Å². The Morgan fingerprint density at radius 1 is 1.29 bits per heavy atom. The van der Waals surface area contributed by atoms with Crippen molar-refractivity contribution < 1.29 is 0 Å². The van der Waals surface area contributed by atoms with Gasteiger partial charge in [0, 0.05) is 18.3 Å². The molecule has 1 N–H and O–H groups in total. The number of para-hydroxylation sites is 1. The fourth-order valence-electron chi connectivity index (χ4n) is 3.00. The lowest BCUT2D eigenvalue weighted by molar-refractivity contribution is 0.584. The molecule has 0 aliphatic carbocycles. The summed E-state index contributed by atoms with van der Waals surface area (Å²) in [6, 6.07) is 7.35. The number of nitrogens with one attached hydrogen (secondary N) is 1. The summed E-state index contributed by atoms with van der Waals surface area (Å²) < 4.78 is 0. The van der Waals surface area contributed by atoms with Gasteiger partial charge in [-0.05, 0) is 57.8 Å². The van der Waals surface area contributed by atoms with Crippen molar-refractivity contribution in [2.75, 3.05) is 25.0 Å². The minimum atomic E-state index is 0.724. The number of hydrogen-bond donors (Lipinski definition) is 1. The zero-order valence-corrected chi connectivity index (χ0v) is 11.3. The Labute approximate surface area is 105 Å². The molecule has 0 spiro atoms. The summed E-state index contributed by atoms with van der Waals surface area (Å²) in [5.74, 6) is 0. The zero-order chi connectivity index (χ0) is 12.3. The van der Waals surface area contributed by atoms with Crippen LogP contribution in [-0.4, -0.2) is 26.2 Å². The molecule has 1 atom stereocenters. The first-order valence-corrected chi connectivity index (χ1v) is 6.71. The molecule has 1 saturated heterocycles. The van der Waals surface area contributed by atoms with E-state index in [9.17, 15) is 0 Å². The van der Waals surface area contributed by atoms with Crippen molar-refractivity contribution in [3.05, 3.63) is 29.3 Å². The molecule has 0 radical (unpaired) electrons. The molecule has 1 aromatic rings. The van der Waals surface area contributed by atoms with Gasteiger partial charge in [0.05, 0.1) is 0 Å². The zero-order valence-electron chi connectivity index (χ0n) is 11.3. The molecule has 0 amide bonds. The van der Waals surface area contributed by atoms with Gasteiger partial charge in [-0.15, -0.1) is 0 Å². The molecule has 2 heteroatoms.